The van der Waals surface area contributed by atoms with Gasteiger partial charge >= 0.3 is 0 Å². The Morgan fingerprint density at radius 1 is 0.893 bits per heavy atom. The summed E-state index contributed by atoms with van der Waals surface area (Å²) in [6.45, 7) is 5.27. The highest BCUT2D eigenvalue weighted by atomic mass is 16.5. The number of aryl methyl sites for hydroxylation is 1. The summed E-state index contributed by atoms with van der Waals surface area (Å²) >= 11 is 0. The first-order valence-corrected chi connectivity index (χ1v) is 9.63. The summed E-state index contributed by atoms with van der Waals surface area (Å²) in [6, 6.07) is 18.9. The molecule has 1 aliphatic heterocycles. The summed E-state index contributed by atoms with van der Waals surface area (Å²) in [5.41, 5.74) is 5.61. The topological polar surface area (TPSA) is 43.2 Å². The standard InChI is InChI=1S/C23H22N4O/c1-17-7-5-6-10-20(17)27-15-19(18-8-3-2-4-9-18)21-22(24-16-25-23(21)27)26-11-13-28-14-12-26/h2-10,15-16H,11-14H2,1H3. The molecule has 140 valence electrons. The number of benzene rings is 2. The highest BCUT2D eigenvalue weighted by Crippen LogP contribution is 2.37. The van der Waals surface area contributed by atoms with Gasteiger partial charge < -0.3 is 14.2 Å². The van der Waals surface area contributed by atoms with Crippen LogP contribution in [0.15, 0.2) is 67.1 Å². The summed E-state index contributed by atoms with van der Waals surface area (Å²) < 4.78 is 7.74. The zero-order chi connectivity index (χ0) is 18.9. The molecule has 1 saturated heterocycles. The minimum atomic E-state index is 0.727. The van der Waals surface area contributed by atoms with Gasteiger partial charge in [-0.3, -0.25) is 0 Å². The van der Waals surface area contributed by atoms with Crippen molar-refractivity contribution >= 4 is 16.9 Å². The van der Waals surface area contributed by atoms with Gasteiger partial charge in [0.1, 0.15) is 12.1 Å². The molecule has 0 amide bonds. The van der Waals surface area contributed by atoms with Gasteiger partial charge in [-0.25, -0.2) is 9.97 Å². The van der Waals surface area contributed by atoms with Gasteiger partial charge in [-0.2, -0.15) is 0 Å². The van der Waals surface area contributed by atoms with Crippen molar-refractivity contribution in [1.29, 1.82) is 0 Å². The average Bonchev–Trinajstić information content (AvgIpc) is 3.15. The van der Waals surface area contributed by atoms with Crippen LogP contribution in [-0.4, -0.2) is 40.8 Å². The zero-order valence-corrected chi connectivity index (χ0v) is 15.9. The molecule has 1 aliphatic rings. The second-order valence-electron chi connectivity index (χ2n) is 7.06. The van der Waals surface area contributed by atoms with Gasteiger partial charge in [-0.05, 0) is 24.1 Å². The molecule has 0 N–H and O–H groups in total. The van der Waals surface area contributed by atoms with Crippen LogP contribution in [0.4, 0.5) is 5.82 Å². The van der Waals surface area contributed by atoms with E-state index in [1.807, 2.05) is 6.07 Å². The molecule has 0 saturated carbocycles. The molecule has 0 radical (unpaired) electrons. The highest BCUT2D eigenvalue weighted by molar-refractivity contribution is 6.02. The van der Waals surface area contributed by atoms with E-state index in [4.69, 9.17) is 14.7 Å². The van der Waals surface area contributed by atoms with E-state index in [0.29, 0.717) is 0 Å². The van der Waals surface area contributed by atoms with Crippen molar-refractivity contribution in [2.24, 2.45) is 0 Å². The quantitative estimate of drug-likeness (QED) is 0.541. The molecule has 2 aromatic heterocycles. The van der Waals surface area contributed by atoms with Crippen LogP contribution < -0.4 is 4.90 Å². The summed E-state index contributed by atoms with van der Waals surface area (Å²) in [5.74, 6) is 0.986. The number of ether oxygens (including phenoxy) is 1. The minimum Gasteiger partial charge on any atom is -0.378 e. The Balaban J connectivity index is 1.80. The van der Waals surface area contributed by atoms with Crippen LogP contribution in [0.1, 0.15) is 5.56 Å². The van der Waals surface area contributed by atoms with Gasteiger partial charge in [0.15, 0.2) is 5.65 Å². The molecule has 3 heterocycles. The SMILES string of the molecule is Cc1ccccc1-n1cc(-c2ccccc2)c2c(N3CCOCC3)ncnc21. The molecule has 2 aromatic carbocycles. The van der Waals surface area contributed by atoms with Gasteiger partial charge in [0.25, 0.3) is 0 Å². The molecule has 0 unspecified atom stereocenters. The van der Waals surface area contributed by atoms with Crippen molar-refractivity contribution in [3.8, 4) is 16.8 Å². The molecule has 5 rings (SSSR count). The van der Waals surface area contributed by atoms with Crippen LogP contribution in [0.5, 0.6) is 0 Å². The summed E-state index contributed by atoms with van der Waals surface area (Å²) in [4.78, 5) is 11.7. The first-order valence-electron chi connectivity index (χ1n) is 9.63. The number of morpholine rings is 1. The Morgan fingerprint density at radius 2 is 1.64 bits per heavy atom. The van der Waals surface area contributed by atoms with Gasteiger partial charge in [-0.15, -0.1) is 0 Å². The summed E-state index contributed by atoms with van der Waals surface area (Å²) in [7, 11) is 0. The van der Waals surface area contributed by atoms with E-state index in [1.54, 1.807) is 6.33 Å². The van der Waals surface area contributed by atoms with E-state index >= 15 is 0 Å². The highest BCUT2D eigenvalue weighted by Gasteiger charge is 2.22. The Hall–Kier alpha value is -3.18. The zero-order valence-electron chi connectivity index (χ0n) is 15.9. The number of para-hydroxylation sites is 1. The lowest BCUT2D eigenvalue weighted by Gasteiger charge is -2.28. The number of aromatic nitrogens is 3. The van der Waals surface area contributed by atoms with Crippen LogP contribution in [0.2, 0.25) is 0 Å². The van der Waals surface area contributed by atoms with Crippen molar-refractivity contribution in [2.75, 3.05) is 31.2 Å². The number of anilines is 1. The third kappa shape index (κ3) is 2.84. The Labute approximate surface area is 164 Å². The maximum Gasteiger partial charge on any atom is 0.150 e. The molecule has 28 heavy (non-hydrogen) atoms. The smallest absolute Gasteiger partial charge is 0.150 e. The fourth-order valence-electron chi connectivity index (χ4n) is 3.91. The predicted molar refractivity (Wildman–Crippen MR) is 112 cm³/mol. The Kier molecular flexibility index (Phi) is 4.29. The lowest BCUT2D eigenvalue weighted by atomic mass is 10.1. The van der Waals surface area contributed by atoms with Gasteiger partial charge in [-0.1, -0.05) is 48.5 Å². The number of hydrogen-bond donors (Lipinski definition) is 0. The van der Waals surface area contributed by atoms with Crippen molar-refractivity contribution in [3.63, 3.8) is 0 Å². The van der Waals surface area contributed by atoms with E-state index in [9.17, 15) is 0 Å². The molecule has 0 atom stereocenters. The molecule has 4 aromatic rings. The van der Waals surface area contributed by atoms with Gasteiger partial charge in [0.2, 0.25) is 0 Å². The molecule has 5 heteroatoms. The second kappa shape index (κ2) is 7.09. The van der Waals surface area contributed by atoms with Crippen molar-refractivity contribution in [3.05, 3.63) is 72.7 Å². The predicted octanol–water partition coefficient (Wildman–Crippen LogP) is 4.23. The lowest BCUT2D eigenvalue weighted by Crippen LogP contribution is -2.36. The monoisotopic (exact) mass is 370 g/mol. The lowest BCUT2D eigenvalue weighted by molar-refractivity contribution is 0.122. The third-order valence-corrected chi connectivity index (χ3v) is 5.33. The van der Waals surface area contributed by atoms with Crippen molar-refractivity contribution < 1.29 is 4.74 Å². The second-order valence-corrected chi connectivity index (χ2v) is 7.06. The number of nitrogens with zero attached hydrogens (tertiary/aromatic N) is 4. The summed E-state index contributed by atoms with van der Waals surface area (Å²) in [5, 5.41) is 1.10. The van der Waals surface area contributed by atoms with E-state index in [0.717, 1.165) is 54.4 Å². The molecule has 0 bridgehead atoms. The third-order valence-electron chi connectivity index (χ3n) is 5.33. The first-order chi connectivity index (χ1) is 13.8. The van der Waals surface area contributed by atoms with Gasteiger partial charge in [0.05, 0.1) is 18.6 Å². The van der Waals surface area contributed by atoms with Crippen LogP contribution in [0, 0.1) is 6.92 Å². The first kappa shape index (κ1) is 17.0. The van der Waals surface area contributed by atoms with Crippen LogP contribution in [0.25, 0.3) is 27.8 Å². The molecule has 0 spiro atoms. The molecule has 5 nitrogen and oxygen atoms in total. The van der Waals surface area contributed by atoms with Crippen LogP contribution in [-0.2, 0) is 4.74 Å². The van der Waals surface area contributed by atoms with E-state index < -0.39 is 0 Å². The van der Waals surface area contributed by atoms with Crippen LogP contribution in [0.3, 0.4) is 0 Å². The number of hydrogen-bond acceptors (Lipinski definition) is 4. The van der Waals surface area contributed by atoms with Crippen molar-refractivity contribution in [2.45, 2.75) is 6.92 Å². The van der Waals surface area contributed by atoms with Crippen molar-refractivity contribution in [1.82, 2.24) is 14.5 Å². The fourth-order valence-corrected chi connectivity index (χ4v) is 3.91. The number of rotatable bonds is 3. The summed E-state index contributed by atoms with van der Waals surface area (Å²) in [6.07, 6.45) is 3.87. The number of fused-ring (bicyclic) bond motifs is 1. The van der Waals surface area contributed by atoms with Crippen LogP contribution >= 0.6 is 0 Å². The van der Waals surface area contributed by atoms with E-state index in [1.165, 1.54) is 11.1 Å². The minimum absolute atomic E-state index is 0.727. The maximum absolute atomic E-state index is 5.55. The van der Waals surface area contributed by atoms with E-state index in [-0.39, 0.29) is 0 Å². The normalized spacial score (nSPS) is 14.5. The Bertz CT molecular complexity index is 1110. The Morgan fingerprint density at radius 3 is 2.43 bits per heavy atom. The average molecular weight is 370 g/mol. The molecular formula is C23H22N4O. The largest absolute Gasteiger partial charge is 0.378 e. The van der Waals surface area contributed by atoms with E-state index in [2.05, 4.69) is 71.1 Å². The fraction of sp³-hybridized carbons (Fsp3) is 0.217. The molecular weight excluding hydrogens is 348 g/mol. The van der Waals surface area contributed by atoms with Gasteiger partial charge in [0, 0.05) is 30.5 Å². The molecule has 1 fully saturated rings. The maximum atomic E-state index is 5.55. The molecule has 0 aliphatic carbocycles.